The number of nitrogens with zero attached hydrogens (tertiary/aromatic N) is 3. The van der Waals surface area contributed by atoms with Crippen LogP contribution in [0.2, 0.25) is 0 Å². The van der Waals surface area contributed by atoms with Gasteiger partial charge < -0.3 is 9.88 Å². The van der Waals surface area contributed by atoms with Gasteiger partial charge in [0.1, 0.15) is 5.69 Å². The Bertz CT molecular complexity index is 1090. The number of benzene rings is 1. The van der Waals surface area contributed by atoms with Crippen molar-refractivity contribution in [3.8, 4) is 0 Å². The van der Waals surface area contributed by atoms with Crippen molar-refractivity contribution in [2.45, 2.75) is 37.9 Å². The summed E-state index contributed by atoms with van der Waals surface area (Å²) in [7, 11) is 0. The minimum Gasteiger partial charge on any atom is -0.348 e. The van der Waals surface area contributed by atoms with E-state index in [0.29, 0.717) is 37.2 Å². The zero-order chi connectivity index (χ0) is 22.9. The molecule has 0 bridgehead atoms. The lowest BCUT2D eigenvalue weighted by atomic mass is 9.93. The molecule has 0 aliphatic carbocycles. The number of hydrogen-bond donors (Lipinski definition) is 1. The number of rotatable bonds is 5. The van der Waals surface area contributed by atoms with Crippen molar-refractivity contribution in [1.29, 1.82) is 0 Å². The first-order valence-corrected chi connectivity index (χ1v) is 9.93. The summed E-state index contributed by atoms with van der Waals surface area (Å²) in [4.78, 5) is 24.2. The van der Waals surface area contributed by atoms with E-state index in [1.807, 2.05) is 0 Å². The van der Waals surface area contributed by atoms with Gasteiger partial charge in [0.2, 0.25) is 5.91 Å². The van der Waals surface area contributed by atoms with E-state index in [-0.39, 0.29) is 24.4 Å². The molecule has 2 aromatic heterocycles. The maximum atomic E-state index is 15.0. The van der Waals surface area contributed by atoms with E-state index in [2.05, 4.69) is 15.0 Å². The number of aromatic amines is 1. The number of H-pyrrole nitrogens is 1. The lowest BCUT2D eigenvalue weighted by Gasteiger charge is -2.30. The van der Waals surface area contributed by atoms with Crippen molar-refractivity contribution in [3.63, 3.8) is 0 Å². The SMILES string of the molecule is O=C(CCc1cnc[nH]1)N1CCc2ccc(C(F)(F)c3ccc(C(F)(F)F)nc3)cc2C1. The average molecular weight is 450 g/mol. The number of fused-ring (bicyclic) bond motifs is 1. The molecule has 1 aliphatic heterocycles. The van der Waals surface area contributed by atoms with Gasteiger partial charge in [-0.25, -0.2) is 4.98 Å². The van der Waals surface area contributed by atoms with Gasteiger partial charge in [-0.2, -0.15) is 22.0 Å². The smallest absolute Gasteiger partial charge is 0.348 e. The third-order valence-electron chi connectivity index (χ3n) is 5.51. The third-order valence-corrected chi connectivity index (χ3v) is 5.51. The molecule has 168 valence electrons. The van der Waals surface area contributed by atoms with Crippen LogP contribution < -0.4 is 0 Å². The Kier molecular flexibility index (Phi) is 5.70. The zero-order valence-corrected chi connectivity index (χ0v) is 16.8. The minimum absolute atomic E-state index is 0.0886. The molecule has 0 atom stereocenters. The largest absolute Gasteiger partial charge is 0.433 e. The van der Waals surface area contributed by atoms with Crippen LogP contribution in [-0.4, -0.2) is 32.3 Å². The fourth-order valence-electron chi connectivity index (χ4n) is 3.70. The molecule has 3 aromatic rings. The maximum Gasteiger partial charge on any atom is 0.433 e. The van der Waals surface area contributed by atoms with Gasteiger partial charge in [-0.15, -0.1) is 0 Å². The first kappa shape index (κ1) is 21.9. The zero-order valence-electron chi connectivity index (χ0n) is 16.8. The molecule has 1 N–H and O–H groups in total. The molecule has 4 rings (SSSR count). The molecule has 0 fully saturated rings. The summed E-state index contributed by atoms with van der Waals surface area (Å²) in [5.74, 6) is -3.62. The fraction of sp³-hybridized carbons (Fsp3) is 0.318. The van der Waals surface area contributed by atoms with E-state index in [1.165, 1.54) is 18.5 Å². The molecule has 10 heteroatoms. The van der Waals surface area contributed by atoms with Crippen LogP contribution in [0.1, 0.15) is 40.1 Å². The number of aryl methyl sites for hydroxylation is 1. The highest BCUT2D eigenvalue weighted by atomic mass is 19.4. The van der Waals surface area contributed by atoms with E-state index in [4.69, 9.17) is 0 Å². The number of imidazole rings is 1. The molecular weight excluding hydrogens is 431 g/mol. The number of carbonyl (C=O) groups excluding carboxylic acids is 1. The molecule has 0 unspecified atom stereocenters. The van der Waals surface area contributed by atoms with Crippen LogP contribution in [0.4, 0.5) is 22.0 Å². The van der Waals surface area contributed by atoms with Gasteiger partial charge in [0.25, 0.3) is 5.92 Å². The summed E-state index contributed by atoms with van der Waals surface area (Å²) in [6, 6.07) is 5.46. The average Bonchev–Trinajstić information content (AvgIpc) is 3.30. The molecule has 32 heavy (non-hydrogen) atoms. The number of halogens is 5. The second-order valence-corrected chi connectivity index (χ2v) is 7.63. The molecular formula is C22H19F5N4O. The molecule has 0 spiro atoms. The number of carbonyl (C=O) groups is 1. The van der Waals surface area contributed by atoms with Crippen LogP contribution in [-0.2, 0) is 36.3 Å². The van der Waals surface area contributed by atoms with Crippen LogP contribution in [0.25, 0.3) is 0 Å². The highest BCUT2D eigenvalue weighted by Crippen LogP contribution is 2.38. The lowest BCUT2D eigenvalue weighted by molar-refractivity contribution is -0.141. The molecule has 0 saturated heterocycles. The van der Waals surface area contributed by atoms with Crippen molar-refractivity contribution < 1.29 is 26.7 Å². The Morgan fingerprint density at radius 2 is 1.81 bits per heavy atom. The highest BCUT2D eigenvalue weighted by Gasteiger charge is 2.38. The minimum atomic E-state index is -4.70. The van der Waals surface area contributed by atoms with Gasteiger partial charge in [0.15, 0.2) is 0 Å². The van der Waals surface area contributed by atoms with E-state index >= 15 is 8.78 Å². The van der Waals surface area contributed by atoms with Crippen molar-refractivity contribution in [1.82, 2.24) is 19.9 Å². The second-order valence-electron chi connectivity index (χ2n) is 7.63. The number of aromatic nitrogens is 3. The number of hydrogen-bond acceptors (Lipinski definition) is 3. The van der Waals surface area contributed by atoms with Crippen LogP contribution in [0, 0.1) is 0 Å². The van der Waals surface area contributed by atoms with Crippen molar-refractivity contribution in [2.24, 2.45) is 0 Å². The van der Waals surface area contributed by atoms with Gasteiger partial charge in [0, 0.05) is 48.7 Å². The molecule has 1 aliphatic rings. The quantitative estimate of drug-likeness (QED) is 0.583. The lowest BCUT2D eigenvalue weighted by Crippen LogP contribution is -2.36. The Morgan fingerprint density at radius 1 is 1.03 bits per heavy atom. The van der Waals surface area contributed by atoms with Gasteiger partial charge in [-0.05, 0) is 42.2 Å². The summed E-state index contributed by atoms with van der Waals surface area (Å²) in [6.07, 6.45) is 0.333. The van der Waals surface area contributed by atoms with Crippen molar-refractivity contribution in [3.05, 3.63) is 82.7 Å². The van der Waals surface area contributed by atoms with E-state index in [1.54, 1.807) is 17.2 Å². The molecule has 5 nitrogen and oxygen atoms in total. The predicted octanol–water partition coefficient (Wildman–Crippen LogP) is 4.48. The number of nitrogens with one attached hydrogen (secondary N) is 1. The first-order chi connectivity index (χ1) is 15.1. The highest BCUT2D eigenvalue weighted by molar-refractivity contribution is 5.76. The molecule has 1 aromatic carbocycles. The van der Waals surface area contributed by atoms with E-state index in [9.17, 15) is 18.0 Å². The normalized spacial score (nSPS) is 14.3. The molecule has 0 radical (unpaired) electrons. The van der Waals surface area contributed by atoms with Gasteiger partial charge in [-0.3, -0.25) is 9.78 Å². The summed E-state index contributed by atoms with van der Waals surface area (Å²) in [6.45, 7) is 0.694. The van der Waals surface area contributed by atoms with Crippen molar-refractivity contribution >= 4 is 5.91 Å². The fourth-order valence-corrected chi connectivity index (χ4v) is 3.70. The van der Waals surface area contributed by atoms with E-state index in [0.717, 1.165) is 17.3 Å². The van der Waals surface area contributed by atoms with E-state index < -0.39 is 23.4 Å². The first-order valence-electron chi connectivity index (χ1n) is 9.93. The maximum absolute atomic E-state index is 15.0. The van der Waals surface area contributed by atoms with Crippen LogP contribution in [0.3, 0.4) is 0 Å². The van der Waals surface area contributed by atoms with Gasteiger partial charge in [-0.1, -0.05) is 12.1 Å². The Hall–Kier alpha value is -3.30. The summed E-state index contributed by atoms with van der Waals surface area (Å²) >= 11 is 0. The topological polar surface area (TPSA) is 61.9 Å². The molecule has 3 heterocycles. The Balaban J connectivity index is 1.50. The Morgan fingerprint density at radius 3 is 2.47 bits per heavy atom. The summed E-state index contributed by atoms with van der Waals surface area (Å²) in [5, 5.41) is 0. The van der Waals surface area contributed by atoms with Gasteiger partial charge in [0.05, 0.1) is 6.33 Å². The third kappa shape index (κ3) is 4.49. The standard InChI is InChI=1S/C22H19F5N4O/c23-21(24,17-3-5-19(29-10-17)22(25,26)27)16-2-1-14-7-8-31(12-15(14)9-16)20(32)6-4-18-11-28-13-30-18/h1-3,5,9-11,13H,4,6-8,12H2,(H,28,30). The van der Waals surface area contributed by atoms with Crippen LogP contribution in [0.5, 0.6) is 0 Å². The van der Waals surface area contributed by atoms with Crippen LogP contribution in [0.15, 0.2) is 49.1 Å². The Labute approximate surface area is 180 Å². The number of amides is 1. The van der Waals surface area contributed by atoms with Crippen molar-refractivity contribution in [2.75, 3.05) is 6.54 Å². The number of pyridine rings is 1. The van der Waals surface area contributed by atoms with Gasteiger partial charge >= 0.3 is 6.18 Å². The summed E-state index contributed by atoms with van der Waals surface area (Å²) < 4.78 is 68.0. The molecule has 0 saturated carbocycles. The predicted molar refractivity (Wildman–Crippen MR) is 105 cm³/mol. The second kappa shape index (κ2) is 8.33. The molecule has 1 amide bonds. The monoisotopic (exact) mass is 450 g/mol. The summed E-state index contributed by atoms with van der Waals surface area (Å²) in [5.41, 5.74) is 0.0869. The van der Waals surface area contributed by atoms with Crippen LogP contribution >= 0.6 is 0 Å². The number of alkyl halides is 5.